The number of anilines is 1. The van der Waals surface area contributed by atoms with Gasteiger partial charge in [0.15, 0.2) is 0 Å². The predicted molar refractivity (Wildman–Crippen MR) is 70.2 cm³/mol. The highest BCUT2D eigenvalue weighted by Gasteiger charge is 2.24. The van der Waals surface area contributed by atoms with Gasteiger partial charge in [-0.1, -0.05) is 0 Å². The first-order chi connectivity index (χ1) is 9.17. The Balaban J connectivity index is 1.91. The number of imidazole rings is 1. The van der Waals surface area contributed by atoms with E-state index in [4.69, 9.17) is 5.11 Å². The summed E-state index contributed by atoms with van der Waals surface area (Å²) in [6.07, 6.45) is 0.938. The van der Waals surface area contributed by atoms with Crippen molar-refractivity contribution in [2.24, 2.45) is 5.92 Å². The van der Waals surface area contributed by atoms with E-state index in [1.165, 1.54) is 12.1 Å². The molecule has 0 bridgehead atoms. The van der Waals surface area contributed by atoms with Crippen molar-refractivity contribution < 1.29 is 10.0 Å². The van der Waals surface area contributed by atoms with Gasteiger partial charge in [0.05, 0.1) is 16.0 Å². The Morgan fingerprint density at radius 3 is 3.11 bits per heavy atom. The zero-order chi connectivity index (χ0) is 13.4. The molecule has 1 aliphatic heterocycles. The Bertz CT molecular complexity index is 624. The Morgan fingerprint density at radius 2 is 2.42 bits per heavy atom. The average molecular weight is 262 g/mol. The highest BCUT2D eigenvalue weighted by atomic mass is 16.6. The fourth-order valence-electron chi connectivity index (χ4n) is 2.42. The Kier molecular flexibility index (Phi) is 2.83. The van der Waals surface area contributed by atoms with Crippen LogP contribution in [0, 0.1) is 16.0 Å². The number of H-pyrrole nitrogens is 1. The highest BCUT2D eigenvalue weighted by Crippen LogP contribution is 2.25. The second-order valence-corrected chi connectivity index (χ2v) is 4.80. The Labute approximate surface area is 109 Å². The minimum Gasteiger partial charge on any atom is -0.396 e. The van der Waals surface area contributed by atoms with Gasteiger partial charge in [-0.2, -0.15) is 0 Å². The van der Waals surface area contributed by atoms with E-state index in [0.29, 0.717) is 17.0 Å². The molecule has 1 aromatic heterocycles. The molecule has 1 atom stereocenters. The fourth-order valence-corrected chi connectivity index (χ4v) is 2.42. The normalized spacial score (nSPS) is 19.2. The minimum absolute atomic E-state index is 0.0531. The molecule has 3 rings (SSSR count). The van der Waals surface area contributed by atoms with Gasteiger partial charge in [0.25, 0.3) is 5.69 Å². The number of hydrogen-bond acceptors (Lipinski definition) is 5. The summed E-state index contributed by atoms with van der Waals surface area (Å²) >= 11 is 0. The van der Waals surface area contributed by atoms with E-state index in [1.807, 2.05) is 0 Å². The van der Waals surface area contributed by atoms with Crippen molar-refractivity contribution >= 4 is 22.7 Å². The Hall–Kier alpha value is -2.15. The van der Waals surface area contributed by atoms with Crippen molar-refractivity contribution in [3.8, 4) is 0 Å². The fraction of sp³-hybridized carbons (Fsp3) is 0.417. The van der Waals surface area contributed by atoms with E-state index >= 15 is 0 Å². The van der Waals surface area contributed by atoms with Crippen molar-refractivity contribution in [3.05, 3.63) is 28.3 Å². The zero-order valence-corrected chi connectivity index (χ0v) is 10.2. The summed E-state index contributed by atoms with van der Waals surface area (Å²) in [5.41, 5.74) is 1.43. The molecule has 19 heavy (non-hydrogen) atoms. The molecule has 1 fully saturated rings. The van der Waals surface area contributed by atoms with Crippen LogP contribution in [0.5, 0.6) is 0 Å². The number of aromatic amines is 1. The van der Waals surface area contributed by atoms with Crippen LogP contribution in [-0.4, -0.2) is 39.7 Å². The van der Waals surface area contributed by atoms with Crippen LogP contribution >= 0.6 is 0 Å². The molecule has 100 valence electrons. The molecular weight excluding hydrogens is 248 g/mol. The maximum absolute atomic E-state index is 10.7. The number of aliphatic hydroxyl groups is 1. The monoisotopic (exact) mass is 262 g/mol. The smallest absolute Gasteiger partial charge is 0.271 e. The number of nitrogens with zero attached hydrogens (tertiary/aromatic N) is 3. The summed E-state index contributed by atoms with van der Waals surface area (Å²) in [6, 6.07) is 4.59. The summed E-state index contributed by atoms with van der Waals surface area (Å²) in [4.78, 5) is 19.9. The number of non-ortho nitro benzene ring substituents is 1. The van der Waals surface area contributed by atoms with Gasteiger partial charge in [-0.15, -0.1) is 0 Å². The predicted octanol–water partition coefficient (Wildman–Crippen LogP) is 1.29. The van der Waals surface area contributed by atoms with Gasteiger partial charge in [0, 0.05) is 37.7 Å². The van der Waals surface area contributed by atoms with E-state index in [9.17, 15) is 10.1 Å². The molecule has 1 aromatic carbocycles. The van der Waals surface area contributed by atoms with Crippen LogP contribution in [0.2, 0.25) is 0 Å². The maximum atomic E-state index is 10.7. The molecule has 2 heterocycles. The van der Waals surface area contributed by atoms with Gasteiger partial charge in [-0.05, 0) is 12.5 Å². The lowest BCUT2D eigenvalue weighted by Gasteiger charge is -2.13. The summed E-state index contributed by atoms with van der Waals surface area (Å²) in [6.45, 7) is 1.79. The van der Waals surface area contributed by atoms with Crippen LogP contribution < -0.4 is 4.90 Å². The number of benzene rings is 1. The van der Waals surface area contributed by atoms with Crippen LogP contribution in [0.15, 0.2) is 18.2 Å². The molecule has 7 nitrogen and oxygen atoms in total. The first kappa shape index (κ1) is 11.9. The van der Waals surface area contributed by atoms with Crippen LogP contribution in [0.25, 0.3) is 11.0 Å². The van der Waals surface area contributed by atoms with Gasteiger partial charge < -0.3 is 15.0 Å². The molecule has 0 spiro atoms. The van der Waals surface area contributed by atoms with Crippen molar-refractivity contribution in [2.75, 3.05) is 24.6 Å². The number of nitrogens with one attached hydrogen (secondary N) is 1. The standard InChI is InChI=1S/C12H14N4O3/c17-7-8-3-4-15(6-8)12-13-10-2-1-9(16(18)19)5-11(10)14-12/h1-2,5,8,17H,3-4,6-7H2,(H,13,14)/t8-/m0/s1. The first-order valence-electron chi connectivity index (χ1n) is 6.17. The number of aromatic nitrogens is 2. The topological polar surface area (TPSA) is 95.3 Å². The van der Waals surface area contributed by atoms with Crippen LogP contribution in [0.3, 0.4) is 0 Å². The lowest BCUT2D eigenvalue weighted by atomic mass is 10.1. The van der Waals surface area contributed by atoms with E-state index in [0.717, 1.165) is 19.5 Å². The van der Waals surface area contributed by atoms with Gasteiger partial charge in [0.1, 0.15) is 0 Å². The first-order valence-corrected chi connectivity index (χ1v) is 6.17. The third-order valence-electron chi connectivity index (χ3n) is 3.51. The Morgan fingerprint density at radius 1 is 1.58 bits per heavy atom. The van der Waals surface area contributed by atoms with Crippen molar-refractivity contribution in [1.29, 1.82) is 0 Å². The SMILES string of the molecule is O=[N+]([O-])c1ccc2nc(N3CC[C@H](CO)C3)[nH]c2c1. The molecule has 1 saturated heterocycles. The van der Waals surface area contributed by atoms with E-state index in [1.54, 1.807) is 6.07 Å². The molecule has 1 aliphatic rings. The molecule has 2 aromatic rings. The van der Waals surface area contributed by atoms with Gasteiger partial charge in [-0.25, -0.2) is 4.98 Å². The largest absolute Gasteiger partial charge is 0.396 e. The minimum atomic E-state index is -0.419. The van der Waals surface area contributed by atoms with Crippen LogP contribution in [0.1, 0.15) is 6.42 Å². The summed E-state index contributed by atoms with van der Waals surface area (Å²) in [5.74, 6) is 0.994. The summed E-state index contributed by atoms with van der Waals surface area (Å²) < 4.78 is 0. The third-order valence-corrected chi connectivity index (χ3v) is 3.51. The highest BCUT2D eigenvalue weighted by molar-refractivity contribution is 5.80. The third kappa shape index (κ3) is 2.12. The second kappa shape index (κ2) is 4.51. The van der Waals surface area contributed by atoms with Crippen molar-refractivity contribution in [1.82, 2.24) is 9.97 Å². The van der Waals surface area contributed by atoms with Crippen molar-refractivity contribution in [2.45, 2.75) is 6.42 Å². The molecular formula is C12H14N4O3. The van der Waals surface area contributed by atoms with Gasteiger partial charge in [-0.3, -0.25) is 10.1 Å². The maximum Gasteiger partial charge on any atom is 0.271 e. The molecule has 0 amide bonds. The van der Waals surface area contributed by atoms with Crippen LogP contribution in [-0.2, 0) is 0 Å². The molecule has 2 N–H and O–H groups in total. The molecule has 0 radical (unpaired) electrons. The summed E-state index contributed by atoms with van der Waals surface area (Å²) in [5, 5.41) is 19.9. The molecule has 0 unspecified atom stereocenters. The number of nitro groups is 1. The number of fused-ring (bicyclic) bond motifs is 1. The zero-order valence-electron chi connectivity index (χ0n) is 10.2. The second-order valence-electron chi connectivity index (χ2n) is 4.80. The molecule has 0 saturated carbocycles. The molecule has 0 aliphatic carbocycles. The van der Waals surface area contributed by atoms with E-state index < -0.39 is 4.92 Å². The van der Waals surface area contributed by atoms with Crippen LogP contribution in [0.4, 0.5) is 11.6 Å². The number of hydrogen-bond donors (Lipinski definition) is 2. The number of aliphatic hydroxyl groups excluding tert-OH is 1. The number of nitro benzene ring substituents is 1. The number of rotatable bonds is 3. The van der Waals surface area contributed by atoms with Gasteiger partial charge in [0.2, 0.25) is 5.95 Å². The van der Waals surface area contributed by atoms with Crippen molar-refractivity contribution in [3.63, 3.8) is 0 Å². The quantitative estimate of drug-likeness (QED) is 0.642. The van der Waals surface area contributed by atoms with E-state index in [2.05, 4.69) is 14.9 Å². The lowest BCUT2D eigenvalue weighted by molar-refractivity contribution is -0.384. The molecule has 7 heteroatoms. The average Bonchev–Trinajstić information content (AvgIpc) is 3.03. The lowest BCUT2D eigenvalue weighted by Crippen LogP contribution is -2.21. The summed E-state index contributed by atoms with van der Waals surface area (Å²) in [7, 11) is 0. The van der Waals surface area contributed by atoms with E-state index in [-0.39, 0.29) is 18.2 Å². The van der Waals surface area contributed by atoms with Gasteiger partial charge >= 0.3 is 0 Å².